The molecule has 0 bridgehead atoms. The molecule has 362 valence electrons. The van der Waals surface area contributed by atoms with Crippen LogP contribution in [0.2, 0.25) is 0 Å². The molecule has 3 fully saturated rings. The Bertz CT molecular complexity index is 1590. The van der Waals surface area contributed by atoms with Crippen molar-refractivity contribution < 1.29 is 63.2 Å². The number of cyclic esters (lactones) is 1. The fourth-order valence-corrected chi connectivity index (χ4v) is 9.90. The van der Waals surface area contributed by atoms with Crippen LogP contribution in [0.4, 0.5) is 4.79 Å². The summed E-state index contributed by atoms with van der Waals surface area (Å²) in [7, 11) is 7.10. The van der Waals surface area contributed by atoms with Gasteiger partial charge in [0.15, 0.2) is 18.7 Å². The summed E-state index contributed by atoms with van der Waals surface area (Å²) in [6.07, 6.45) is -9.52. The molecule has 0 saturated carbocycles. The number of benzene rings is 1. The van der Waals surface area contributed by atoms with Gasteiger partial charge in [-0.15, -0.1) is 0 Å². The van der Waals surface area contributed by atoms with E-state index in [-0.39, 0.29) is 37.3 Å². The fraction of sp³-hybridized carbons (Fsp3) is 0.826. The number of carbonyl (C=O) groups excluding carboxylic acids is 2. The molecule has 63 heavy (non-hydrogen) atoms. The Kier molecular flexibility index (Phi) is 18.8. The van der Waals surface area contributed by atoms with E-state index in [4.69, 9.17) is 33.2 Å². The number of hydrogen-bond donors (Lipinski definition) is 6. The Balaban J connectivity index is 1.72. The van der Waals surface area contributed by atoms with Gasteiger partial charge in [-0.3, -0.25) is 10.2 Å². The Labute approximate surface area is 375 Å². The zero-order valence-electron chi connectivity index (χ0n) is 40.1. The van der Waals surface area contributed by atoms with E-state index in [9.17, 15) is 30.0 Å². The Morgan fingerprint density at radius 2 is 1.62 bits per heavy atom. The first-order valence-electron chi connectivity index (χ1n) is 22.6. The van der Waals surface area contributed by atoms with Crippen LogP contribution in [0.3, 0.4) is 0 Å². The minimum atomic E-state index is -1.84. The molecule has 6 N–H and O–H groups in total. The van der Waals surface area contributed by atoms with Crippen molar-refractivity contribution in [2.24, 2.45) is 17.8 Å². The number of methoxy groups -OCH3 is 1. The van der Waals surface area contributed by atoms with Gasteiger partial charge in [0, 0.05) is 44.6 Å². The van der Waals surface area contributed by atoms with Crippen molar-refractivity contribution in [3.63, 3.8) is 0 Å². The predicted octanol–water partition coefficient (Wildman–Crippen LogP) is 3.34. The molecular formula is C46H80N4O13. The molecule has 0 radical (unpaired) electrons. The first-order chi connectivity index (χ1) is 29.4. The monoisotopic (exact) mass is 897 g/mol. The fourth-order valence-electron chi connectivity index (χ4n) is 9.90. The molecule has 3 heterocycles. The van der Waals surface area contributed by atoms with Gasteiger partial charge in [0.05, 0.1) is 35.9 Å². The highest BCUT2D eigenvalue weighted by Crippen LogP contribution is 2.41. The van der Waals surface area contributed by atoms with Crippen molar-refractivity contribution in [1.82, 2.24) is 20.7 Å². The lowest BCUT2D eigenvalue weighted by atomic mass is 9.77. The molecule has 18 atom stereocenters. The number of carbonyl (C=O) groups is 2. The third-order valence-corrected chi connectivity index (χ3v) is 13.7. The second-order valence-electron chi connectivity index (χ2n) is 19.5. The predicted molar refractivity (Wildman–Crippen MR) is 235 cm³/mol. The molecule has 17 nitrogen and oxygen atoms in total. The van der Waals surface area contributed by atoms with E-state index >= 15 is 0 Å². The number of nitrogens with zero attached hydrogens (tertiary/aromatic N) is 2. The minimum Gasteiger partial charge on any atom is -0.459 e. The van der Waals surface area contributed by atoms with Gasteiger partial charge in [-0.1, -0.05) is 51.1 Å². The SMILES string of the molecule is CC[C@H]1OC(=O)[C@H](C)[C@@H](O[C@H]2C[C@@](C)(OC)[C@@H](OC(=O)NNCc3ccccc3)[C@H](C)O2)[C@H](C)[C@@H](O[C@@H]2O[C@H](C)C[C@H](N(C)C)[C@H]2O)[C@](C)(O)C[C@@H](C)CN(C)[C@H](C)[C@@H](O)[C@]1(C)O. The van der Waals surface area contributed by atoms with Crippen molar-refractivity contribution in [2.75, 3.05) is 34.8 Å². The number of aliphatic hydroxyl groups excluding tert-OH is 2. The second kappa shape index (κ2) is 22.3. The highest BCUT2D eigenvalue weighted by Gasteiger charge is 2.53. The number of esters is 1. The minimum absolute atomic E-state index is 0.0579. The molecule has 0 unspecified atom stereocenters. The van der Waals surface area contributed by atoms with Crippen LogP contribution >= 0.6 is 0 Å². The van der Waals surface area contributed by atoms with E-state index in [1.807, 2.05) is 82.0 Å². The van der Waals surface area contributed by atoms with Gasteiger partial charge in [0.25, 0.3) is 0 Å². The third kappa shape index (κ3) is 13.1. The Morgan fingerprint density at radius 1 is 0.968 bits per heavy atom. The number of hydrogen-bond acceptors (Lipinski definition) is 16. The zero-order valence-corrected chi connectivity index (χ0v) is 40.1. The summed E-state index contributed by atoms with van der Waals surface area (Å²) < 4.78 is 44.4. The molecule has 0 aromatic heterocycles. The second-order valence-corrected chi connectivity index (χ2v) is 19.5. The molecule has 3 aliphatic heterocycles. The van der Waals surface area contributed by atoms with Gasteiger partial charge in [-0.05, 0) is 100 Å². The molecule has 3 aliphatic rings. The number of amides is 1. The summed E-state index contributed by atoms with van der Waals surface area (Å²) in [6, 6.07) is 8.69. The van der Waals surface area contributed by atoms with Crippen LogP contribution in [-0.2, 0) is 44.5 Å². The smallest absolute Gasteiger partial charge is 0.422 e. The van der Waals surface area contributed by atoms with Crippen LogP contribution in [0.25, 0.3) is 0 Å². The van der Waals surface area contributed by atoms with E-state index in [2.05, 4.69) is 10.9 Å². The number of nitrogens with one attached hydrogen (secondary N) is 2. The first kappa shape index (κ1) is 53.1. The molecule has 1 aromatic rings. The number of hydrazine groups is 1. The van der Waals surface area contributed by atoms with Crippen LogP contribution in [0, 0.1) is 17.8 Å². The Morgan fingerprint density at radius 3 is 2.22 bits per heavy atom. The summed E-state index contributed by atoms with van der Waals surface area (Å²) in [5.74, 6) is -2.77. The average molecular weight is 897 g/mol. The summed E-state index contributed by atoms with van der Waals surface area (Å²) in [4.78, 5) is 31.4. The third-order valence-electron chi connectivity index (χ3n) is 13.7. The lowest BCUT2D eigenvalue weighted by molar-refractivity contribution is -0.317. The summed E-state index contributed by atoms with van der Waals surface area (Å²) in [6.45, 7) is 18.4. The molecule has 0 spiro atoms. The standard InChI is InChI=1S/C46H80N4O13/c1-15-34-46(10,56)38(52)30(6)50(13)25-26(2)22-44(8,55)39(62-42-36(51)33(49(11)12)21-27(3)58-42)28(4)37(29(5)41(53)60-34)61-35-23-45(9,57-14)40(31(7)59-35)63-43(54)48-47-24-32-19-17-16-18-20-32/h16-20,26-31,33-40,42,47,51-52,55-56H,15,21-25H2,1-14H3,(H,48,54)/t26-,27-,28+,29-,30-,31+,33+,34-,35+,36-,37+,38-,39-,40+,42+,44-,45-,46-/m1/s1. The van der Waals surface area contributed by atoms with E-state index < -0.39 is 102 Å². The maximum atomic E-state index is 14.5. The molecule has 1 amide bonds. The molecule has 1 aromatic carbocycles. The maximum absolute atomic E-state index is 14.5. The lowest BCUT2D eigenvalue weighted by Crippen LogP contribution is -2.61. The molecular weight excluding hydrogens is 817 g/mol. The van der Waals surface area contributed by atoms with E-state index in [0.717, 1.165) is 5.56 Å². The van der Waals surface area contributed by atoms with Crippen LogP contribution in [0.1, 0.15) is 100 Å². The summed E-state index contributed by atoms with van der Waals surface area (Å²) in [5, 5.41) is 47.8. The van der Waals surface area contributed by atoms with Crippen LogP contribution in [0.5, 0.6) is 0 Å². The largest absolute Gasteiger partial charge is 0.459 e. The van der Waals surface area contributed by atoms with Gasteiger partial charge in [0.1, 0.15) is 29.5 Å². The van der Waals surface area contributed by atoms with E-state index in [1.54, 1.807) is 41.5 Å². The Hall–Kier alpha value is -2.52. The molecule has 3 saturated heterocycles. The highest BCUT2D eigenvalue weighted by atomic mass is 16.7. The lowest BCUT2D eigenvalue weighted by Gasteiger charge is -2.49. The van der Waals surface area contributed by atoms with Gasteiger partial charge < -0.3 is 63.4 Å². The van der Waals surface area contributed by atoms with Gasteiger partial charge >= 0.3 is 12.1 Å². The molecule has 17 heteroatoms. The summed E-state index contributed by atoms with van der Waals surface area (Å²) >= 11 is 0. The molecule has 0 aliphatic carbocycles. The van der Waals surface area contributed by atoms with Crippen LogP contribution in [0.15, 0.2) is 30.3 Å². The van der Waals surface area contributed by atoms with Gasteiger partial charge in [-0.2, -0.15) is 0 Å². The highest BCUT2D eigenvalue weighted by molar-refractivity contribution is 5.73. The maximum Gasteiger partial charge on any atom is 0.422 e. The van der Waals surface area contributed by atoms with Crippen molar-refractivity contribution in [1.29, 1.82) is 0 Å². The quantitative estimate of drug-likeness (QED) is 0.139. The number of rotatable bonds is 11. The first-order valence-corrected chi connectivity index (χ1v) is 22.6. The molecule has 4 rings (SSSR count). The average Bonchev–Trinajstić information content (AvgIpc) is 3.21. The topological polar surface area (TPSA) is 210 Å². The van der Waals surface area contributed by atoms with E-state index in [0.29, 0.717) is 19.5 Å². The van der Waals surface area contributed by atoms with Crippen LogP contribution < -0.4 is 10.9 Å². The van der Waals surface area contributed by atoms with Crippen molar-refractivity contribution >= 4 is 12.1 Å². The normalized spacial score (nSPS) is 42.8. The number of ether oxygens (including phenoxy) is 7. The van der Waals surface area contributed by atoms with Crippen molar-refractivity contribution in [2.45, 2.75) is 192 Å². The van der Waals surface area contributed by atoms with E-state index in [1.165, 1.54) is 14.0 Å². The van der Waals surface area contributed by atoms with Crippen molar-refractivity contribution in [3.8, 4) is 0 Å². The van der Waals surface area contributed by atoms with Crippen LogP contribution in [-0.4, -0.2) is 167 Å². The van der Waals surface area contributed by atoms with Crippen molar-refractivity contribution in [3.05, 3.63) is 35.9 Å². The van der Waals surface area contributed by atoms with Gasteiger partial charge in [-0.25, -0.2) is 10.2 Å². The summed E-state index contributed by atoms with van der Waals surface area (Å²) in [5.41, 5.74) is 1.83. The number of aliphatic hydroxyl groups is 4. The number of likely N-dealkylation sites (N-methyl/N-ethyl adjacent to an activating group) is 2. The zero-order chi connectivity index (χ0) is 47.2. The van der Waals surface area contributed by atoms with Gasteiger partial charge in [0.2, 0.25) is 0 Å².